The molecule has 1 saturated carbocycles. The third kappa shape index (κ3) is 6.93. The molecule has 0 amide bonds. The molecule has 0 spiro atoms. The molecule has 0 N–H and O–H groups in total. The van der Waals surface area contributed by atoms with Crippen molar-refractivity contribution in [3.8, 4) is 5.75 Å². The summed E-state index contributed by atoms with van der Waals surface area (Å²) in [5, 5.41) is 0. The van der Waals surface area contributed by atoms with Crippen molar-refractivity contribution >= 4 is 5.97 Å². The number of carbonyl (C=O) groups is 1. The lowest BCUT2D eigenvalue weighted by atomic mass is 9.83. The van der Waals surface area contributed by atoms with Crippen LogP contribution in [0.1, 0.15) is 76.7 Å². The molecular formula is C22H32O3. The van der Waals surface area contributed by atoms with Gasteiger partial charge in [-0.25, -0.2) is 4.79 Å². The van der Waals surface area contributed by atoms with Gasteiger partial charge in [0.2, 0.25) is 0 Å². The largest absolute Gasteiger partial charge is 0.494 e. The summed E-state index contributed by atoms with van der Waals surface area (Å²) in [4.78, 5) is 11.9. The molecule has 3 nitrogen and oxygen atoms in total. The van der Waals surface area contributed by atoms with Crippen molar-refractivity contribution in [3.05, 3.63) is 42.0 Å². The summed E-state index contributed by atoms with van der Waals surface area (Å²) in [6.45, 7) is 4.88. The standard InChI is InChI=1S/C22H32O3/c1-3-5-6-7-8-9-22(23)25-21-16-12-19(13-17-21)18-10-14-20(15-11-18)24-4-2/h8-11,14-15,19,21H,3-7,12-13,16-17H2,1-2H3/b9-8+. The second-order valence-corrected chi connectivity index (χ2v) is 6.81. The van der Waals surface area contributed by atoms with Crippen LogP contribution in [-0.2, 0) is 9.53 Å². The molecule has 1 fully saturated rings. The molecule has 138 valence electrons. The highest BCUT2D eigenvalue weighted by molar-refractivity contribution is 5.82. The van der Waals surface area contributed by atoms with Gasteiger partial charge in [0.1, 0.15) is 11.9 Å². The maximum Gasteiger partial charge on any atom is 0.330 e. The Labute approximate surface area is 152 Å². The minimum atomic E-state index is -0.180. The van der Waals surface area contributed by atoms with E-state index >= 15 is 0 Å². The van der Waals surface area contributed by atoms with Crippen molar-refractivity contribution in [2.45, 2.75) is 77.2 Å². The van der Waals surface area contributed by atoms with Crippen molar-refractivity contribution in [2.75, 3.05) is 6.61 Å². The van der Waals surface area contributed by atoms with Crippen molar-refractivity contribution in [1.29, 1.82) is 0 Å². The van der Waals surface area contributed by atoms with E-state index in [2.05, 4.69) is 19.1 Å². The molecule has 1 aliphatic carbocycles. The summed E-state index contributed by atoms with van der Waals surface area (Å²) in [7, 11) is 0. The normalized spacial score (nSPS) is 20.6. The molecule has 0 heterocycles. The van der Waals surface area contributed by atoms with Crippen LogP contribution in [0.4, 0.5) is 0 Å². The van der Waals surface area contributed by atoms with Crippen LogP contribution in [0.5, 0.6) is 5.75 Å². The van der Waals surface area contributed by atoms with Crippen molar-refractivity contribution in [3.63, 3.8) is 0 Å². The Hall–Kier alpha value is -1.77. The Kier molecular flexibility index (Phi) is 8.58. The Balaban J connectivity index is 1.71. The van der Waals surface area contributed by atoms with Gasteiger partial charge < -0.3 is 9.47 Å². The van der Waals surface area contributed by atoms with Gasteiger partial charge in [-0.2, -0.15) is 0 Å². The van der Waals surface area contributed by atoms with Crippen molar-refractivity contribution in [1.82, 2.24) is 0 Å². The quantitative estimate of drug-likeness (QED) is 0.323. The number of unbranched alkanes of at least 4 members (excludes halogenated alkanes) is 3. The van der Waals surface area contributed by atoms with Gasteiger partial charge in [-0.05, 0) is 69.1 Å². The first kappa shape index (κ1) is 19.6. The van der Waals surface area contributed by atoms with Crippen LogP contribution in [0.25, 0.3) is 0 Å². The van der Waals surface area contributed by atoms with Gasteiger partial charge in [0.15, 0.2) is 0 Å². The zero-order valence-corrected chi connectivity index (χ0v) is 15.7. The molecule has 2 rings (SSSR count). The van der Waals surface area contributed by atoms with Gasteiger partial charge in [-0.3, -0.25) is 0 Å². The average Bonchev–Trinajstić information content (AvgIpc) is 2.63. The van der Waals surface area contributed by atoms with Crippen molar-refractivity contribution in [2.24, 2.45) is 0 Å². The van der Waals surface area contributed by atoms with E-state index in [-0.39, 0.29) is 12.1 Å². The number of benzene rings is 1. The van der Waals surface area contributed by atoms with Crippen LogP contribution >= 0.6 is 0 Å². The molecule has 3 heteroatoms. The van der Waals surface area contributed by atoms with Gasteiger partial charge >= 0.3 is 5.97 Å². The molecule has 1 aliphatic rings. The smallest absolute Gasteiger partial charge is 0.330 e. The minimum Gasteiger partial charge on any atom is -0.494 e. The van der Waals surface area contributed by atoms with E-state index in [4.69, 9.17) is 9.47 Å². The molecule has 25 heavy (non-hydrogen) atoms. The first-order valence-electron chi connectivity index (χ1n) is 9.82. The number of hydrogen-bond acceptors (Lipinski definition) is 3. The maximum absolute atomic E-state index is 11.9. The predicted molar refractivity (Wildman–Crippen MR) is 102 cm³/mol. The summed E-state index contributed by atoms with van der Waals surface area (Å²) < 4.78 is 11.1. The second-order valence-electron chi connectivity index (χ2n) is 6.81. The van der Waals surface area contributed by atoms with Gasteiger partial charge in [0.25, 0.3) is 0 Å². The lowest BCUT2D eigenvalue weighted by Crippen LogP contribution is -2.23. The van der Waals surface area contributed by atoms with Crippen LogP contribution in [0, 0.1) is 0 Å². The molecule has 0 bridgehead atoms. The molecule has 1 aromatic rings. The van der Waals surface area contributed by atoms with Crippen LogP contribution in [0.15, 0.2) is 36.4 Å². The predicted octanol–water partition coefficient (Wildman–Crippen LogP) is 5.79. The molecule has 1 aromatic carbocycles. The zero-order chi connectivity index (χ0) is 17.9. The summed E-state index contributed by atoms with van der Waals surface area (Å²) in [5.74, 6) is 1.32. The summed E-state index contributed by atoms with van der Waals surface area (Å²) in [5.41, 5.74) is 1.36. The molecule has 0 unspecified atom stereocenters. The van der Waals surface area contributed by atoms with E-state index in [0.717, 1.165) is 44.3 Å². The molecule has 0 radical (unpaired) electrons. The van der Waals surface area contributed by atoms with Gasteiger partial charge in [0.05, 0.1) is 6.61 Å². The summed E-state index contributed by atoms with van der Waals surface area (Å²) in [6, 6.07) is 8.44. The fourth-order valence-corrected chi connectivity index (χ4v) is 3.41. The van der Waals surface area contributed by atoms with Crippen LogP contribution in [-0.4, -0.2) is 18.7 Å². The number of hydrogen-bond donors (Lipinski definition) is 0. The van der Waals surface area contributed by atoms with Crippen molar-refractivity contribution < 1.29 is 14.3 Å². The fraction of sp³-hybridized carbons (Fsp3) is 0.591. The highest BCUT2D eigenvalue weighted by Crippen LogP contribution is 2.34. The number of carbonyl (C=O) groups excluding carboxylic acids is 1. The SMILES string of the molecule is CCCCC/C=C/C(=O)OC1CCC(c2ccc(OCC)cc2)CC1. The van der Waals surface area contributed by atoms with Gasteiger partial charge in [-0.1, -0.05) is 38.0 Å². The molecular weight excluding hydrogens is 312 g/mol. The lowest BCUT2D eigenvalue weighted by molar-refractivity contribution is -0.144. The fourth-order valence-electron chi connectivity index (χ4n) is 3.41. The van der Waals surface area contributed by atoms with E-state index in [0.29, 0.717) is 12.5 Å². The third-order valence-electron chi connectivity index (χ3n) is 4.85. The number of esters is 1. The minimum absolute atomic E-state index is 0.0757. The Bertz CT molecular complexity index is 525. The van der Waals surface area contributed by atoms with Crippen LogP contribution in [0.2, 0.25) is 0 Å². The number of allylic oxidation sites excluding steroid dienone is 1. The first-order valence-corrected chi connectivity index (χ1v) is 9.82. The van der Waals surface area contributed by atoms with Crippen LogP contribution in [0.3, 0.4) is 0 Å². The second kappa shape index (κ2) is 11.0. The summed E-state index contributed by atoms with van der Waals surface area (Å²) in [6.07, 6.45) is 12.2. The van der Waals surface area contributed by atoms with Gasteiger partial charge in [0, 0.05) is 6.08 Å². The Morgan fingerprint density at radius 1 is 1.08 bits per heavy atom. The van der Waals surface area contributed by atoms with E-state index < -0.39 is 0 Å². The maximum atomic E-state index is 11.9. The topological polar surface area (TPSA) is 35.5 Å². The average molecular weight is 344 g/mol. The molecule has 0 aliphatic heterocycles. The Morgan fingerprint density at radius 2 is 1.80 bits per heavy atom. The van der Waals surface area contributed by atoms with E-state index in [1.807, 2.05) is 25.1 Å². The first-order chi connectivity index (χ1) is 12.2. The molecule has 0 atom stereocenters. The highest BCUT2D eigenvalue weighted by atomic mass is 16.5. The monoisotopic (exact) mass is 344 g/mol. The zero-order valence-electron chi connectivity index (χ0n) is 15.7. The molecule has 0 aromatic heterocycles. The number of ether oxygens (including phenoxy) is 2. The van der Waals surface area contributed by atoms with E-state index in [1.165, 1.54) is 18.4 Å². The summed E-state index contributed by atoms with van der Waals surface area (Å²) >= 11 is 0. The lowest BCUT2D eigenvalue weighted by Gasteiger charge is -2.28. The van der Waals surface area contributed by atoms with E-state index in [9.17, 15) is 4.79 Å². The number of rotatable bonds is 9. The third-order valence-corrected chi connectivity index (χ3v) is 4.85. The Morgan fingerprint density at radius 3 is 2.44 bits per heavy atom. The molecule has 0 saturated heterocycles. The van der Waals surface area contributed by atoms with Crippen LogP contribution < -0.4 is 4.74 Å². The highest BCUT2D eigenvalue weighted by Gasteiger charge is 2.24. The van der Waals surface area contributed by atoms with E-state index in [1.54, 1.807) is 6.08 Å². The van der Waals surface area contributed by atoms with Gasteiger partial charge in [-0.15, -0.1) is 0 Å².